The maximum absolute atomic E-state index is 5.18. The molecule has 0 bridgehead atoms. The van der Waals surface area contributed by atoms with Gasteiger partial charge in [-0.25, -0.2) is 4.98 Å². The highest BCUT2D eigenvalue weighted by Gasteiger charge is 2.04. The predicted octanol–water partition coefficient (Wildman–Crippen LogP) is 3.42. The van der Waals surface area contributed by atoms with Crippen molar-refractivity contribution in [2.45, 2.75) is 13.5 Å². The van der Waals surface area contributed by atoms with Crippen LogP contribution in [0.1, 0.15) is 6.92 Å². The Balaban J connectivity index is 2.22. The summed E-state index contributed by atoms with van der Waals surface area (Å²) >= 11 is 3.45. The molecule has 1 aromatic heterocycles. The predicted molar refractivity (Wildman–Crippen MR) is 71.9 cm³/mol. The van der Waals surface area contributed by atoms with Gasteiger partial charge in [0.15, 0.2) is 0 Å². The van der Waals surface area contributed by atoms with E-state index in [0.29, 0.717) is 0 Å². The van der Waals surface area contributed by atoms with Gasteiger partial charge in [-0.2, -0.15) is 0 Å². The van der Waals surface area contributed by atoms with E-state index < -0.39 is 0 Å². The Labute approximate surface area is 109 Å². The molecule has 0 spiro atoms. The lowest BCUT2D eigenvalue weighted by atomic mass is 10.3. The fourth-order valence-electron chi connectivity index (χ4n) is 1.56. The number of hydrogen-bond donors (Lipinski definition) is 1. The van der Waals surface area contributed by atoms with Gasteiger partial charge >= 0.3 is 0 Å². The van der Waals surface area contributed by atoms with Gasteiger partial charge in [-0.15, -0.1) is 0 Å². The summed E-state index contributed by atoms with van der Waals surface area (Å²) in [5, 5.41) is 3.26. The van der Waals surface area contributed by atoms with Crippen LogP contribution in [-0.2, 0) is 6.54 Å². The second kappa shape index (κ2) is 5.23. The molecule has 0 aliphatic carbocycles. The van der Waals surface area contributed by atoms with E-state index in [2.05, 4.69) is 33.2 Å². The van der Waals surface area contributed by atoms with Crippen molar-refractivity contribution < 1.29 is 4.74 Å². The summed E-state index contributed by atoms with van der Waals surface area (Å²) in [6.07, 6.45) is 3.73. The first-order valence-electron chi connectivity index (χ1n) is 5.36. The van der Waals surface area contributed by atoms with Crippen molar-refractivity contribution >= 4 is 27.6 Å². The number of benzene rings is 1. The highest BCUT2D eigenvalue weighted by atomic mass is 79.9. The smallest absolute Gasteiger partial charge is 0.207 e. The highest BCUT2D eigenvalue weighted by Crippen LogP contribution is 2.28. The van der Waals surface area contributed by atoms with Gasteiger partial charge in [0.2, 0.25) is 5.95 Å². The fraction of sp³-hybridized carbons (Fsp3) is 0.250. The maximum Gasteiger partial charge on any atom is 0.207 e. The Morgan fingerprint density at radius 1 is 1.47 bits per heavy atom. The van der Waals surface area contributed by atoms with Gasteiger partial charge < -0.3 is 14.6 Å². The van der Waals surface area contributed by atoms with Crippen LogP contribution in [0, 0.1) is 0 Å². The van der Waals surface area contributed by atoms with Crippen LogP contribution in [0.5, 0.6) is 5.75 Å². The SMILES string of the molecule is CCn1ccnc1Nc1ccc(OC)c(Br)c1. The molecule has 90 valence electrons. The maximum atomic E-state index is 5.18. The van der Waals surface area contributed by atoms with Crippen LogP contribution < -0.4 is 10.1 Å². The van der Waals surface area contributed by atoms with E-state index in [1.807, 2.05) is 29.0 Å². The summed E-state index contributed by atoms with van der Waals surface area (Å²) in [6, 6.07) is 5.83. The Kier molecular flexibility index (Phi) is 3.68. The van der Waals surface area contributed by atoms with Crippen LogP contribution in [0.3, 0.4) is 0 Å². The normalized spacial score (nSPS) is 10.3. The van der Waals surface area contributed by atoms with Crippen molar-refractivity contribution in [3.63, 3.8) is 0 Å². The van der Waals surface area contributed by atoms with Crippen LogP contribution in [0.2, 0.25) is 0 Å². The van der Waals surface area contributed by atoms with Crippen LogP contribution in [-0.4, -0.2) is 16.7 Å². The molecule has 2 rings (SSSR count). The van der Waals surface area contributed by atoms with Crippen molar-refractivity contribution in [2.24, 2.45) is 0 Å². The zero-order chi connectivity index (χ0) is 12.3. The first kappa shape index (κ1) is 12.0. The van der Waals surface area contributed by atoms with Crippen LogP contribution in [0.4, 0.5) is 11.6 Å². The van der Waals surface area contributed by atoms with E-state index in [1.54, 1.807) is 13.3 Å². The summed E-state index contributed by atoms with van der Waals surface area (Å²) in [7, 11) is 1.65. The standard InChI is InChI=1S/C12H14BrN3O/c1-3-16-7-6-14-12(16)15-9-4-5-11(17-2)10(13)8-9/h4-8H,3H2,1-2H3,(H,14,15). The summed E-state index contributed by atoms with van der Waals surface area (Å²) in [5.41, 5.74) is 0.971. The quantitative estimate of drug-likeness (QED) is 0.939. The summed E-state index contributed by atoms with van der Waals surface area (Å²) < 4.78 is 8.14. The van der Waals surface area contributed by atoms with E-state index in [-0.39, 0.29) is 0 Å². The van der Waals surface area contributed by atoms with Gasteiger partial charge in [0.25, 0.3) is 0 Å². The van der Waals surface area contributed by atoms with Crippen molar-refractivity contribution in [3.05, 3.63) is 35.1 Å². The average molecular weight is 296 g/mol. The van der Waals surface area contributed by atoms with Gasteiger partial charge in [-0.05, 0) is 41.1 Å². The number of hydrogen-bond acceptors (Lipinski definition) is 3. The first-order chi connectivity index (χ1) is 8.24. The molecule has 0 amide bonds. The highest BCUT2D eigenvalue weighted by molar-refractivity contribution is 9.10. The van der Waals surface area contributed by atoms with Crippen molar-refractivity contribution in [1.29, 1.82) is 0 Å². The average Bonchev–Trinajstić information content (AvgIpc) is 2.76. The second-order valence-corrected chi connectivity index (χ2v) is 4.37. The first-order valence-corrected chi connectivity index (χ1v) is 6.15. The summed E-state index contributed by atoms with van der Waals surface area (Å²) in [6.45, 7) is 2.97. The molecule has 0 saturated heterocycles. The summed E-state index contributed by atoms with van der Waals surface area (Å²) in [4.78, 5) is 4.26. The number of nitrogens with zero attached hydrogens (tertiary/aromatic N) is 2. The lowest BCUT2D eigenvalue weighted by molar-refractivity contribution is 0.412. The van der Waals surface area contributed by atoms with E-state index in [0.717, 1.165) is 28.4 Å². The summed E-state index contributed by atoms with van der Waals surface area (Å²) in [5.74, 6) is 1.65. The fourth-order valence-corrected chi connectivity index (χ4v) is 2.10. The van der Waals surface area contributed by atoms with E-state index in [9.17, 15) is 0 Å². The van der Waals surface area contributed by atoms with Crippen LogP contribution >= 0.6 is 15.9 Å². The number of nitrogens with one attached hydrogen (secondary N) is 1. The lowest BCUT2D eigenvalue weighted by Crippen LogP contribution is -2.01. The van der Waals surface area contributed by atoms with Gasteiger partial charge in [0.1, 0.15) is 5.75 Å². The molecular formula is C12H14BrN3O. The zero-order valence-corrected chi connectivity index (χ0v) is 11.4. The number of halogens is 1. The number of anilines is 2. The van der Waals surface area contributed by atoms with E-state index in [4.69, 9.17) is 4.74 Å². The minimum Gasteiger partial charge on any atom is -0.496 e. The topological polar surface area (TPSA) is 39.1 Å². The van der Waals surface area contributed by atoms with Gasteiger partial charge in [0.05, 0.1) is 11.6 Å². The third-order valence-electron chi connectivity index (χ3n) is 2.46. The molecule has 0 aliphatic rings. The largest absolute Gasteiger partial charge is 0.496 e. The molecule has 0 aliphatic heterocycles. The third kappa shape index (κ3) is 2.61. The molecule has 0 radical (unpaired) electrons. The molecule has 0 unspecified atom stereocenters. The van der Waals surface area contributed by atoms with E-state index in [1.165, 1.54) is 0 Å². The van der Waals surface area contributed by atoms with Gasteiger partial charge in [-0.1, -0.05) is 0 Å². The Morgan fingerprint density at radius 2 is 2.29 bits per heavy atom. The van der Waals surface area contributed by atoms with E-state index >= 15 is 0 Å². The molecule has 1 N–H and O–H groups in total. The van der Waals surface area contributed by atoms with Crippen molar-refractivity contribution in [3.8, 4) is 5.75 Å². The molecule has 0 fully saturated rings. The Hall–Kier alpha value is -1.49. The number of ether oxygens (including phenoxy) is 1. The molecule has 2 aromatic rings. The van der Waals surface area contributed by atoms with Gasteiger partial charge in [0, 0.05) is 24.6 Å². The number of methoxy groups -OCH3 is 1. The Morgan fingerprint density at radius 3 is 2.94 bits per heavy atom. The molecule has 1 heterocycles. The lowest BCUT2D eigenvalue weighted by Gasteiger charge is -2.09. The van der Waals surface area contributed by atoms with Crippen LogP contribution in [0.25, 0.3) is 0 Å². The number of aromatic nitrogens is 2. The van der Waals surface area contributed by atoms with Crippen molar-refractivity contribution in [2.75, 3.05) is 12.4 Å². The molecule has 0 atom stereocenters. The number of rotatable bonds is 4. The minimum atomic E-state index is 0.814. The number of imidazole rings is 1. The second-order valence-electron chi connectivity index (χ2n) is 3.51. The third-order valence-corrected chi connectivity index (χ3v) is 3.08. The monoisotopic (exact) mass is 295 g/mol. The zero-order valence-electron chi connectivity index (χ0n) is 9.77. The van der Waals surface area contributed by atoms with Gasteiger partial charge in [-0.3, -0.25) is 0 Å². The molecule has 0 saturated carbocycles. The molecule has 5 heteroatoms. The van der Waals surface area contributed by atoms with Crippen molar-refractivity contribution in [1.82, 2.24) is 9.55 Å². The van der Waals surface area contributed by atoms with Crippen LogP contribution in [0.15, 0.2) is 35.1 Å². The molecule has 17 heavy (non-hydrogen) atoms. The Bertz CT molecular complexity index is 510. The molecule has 4 nitrogen and oxygen atoms in total. The minimum absolute atomic E-state index is 0.814. The molecular weight excluding hydrogens is 282 g/mol. The number of aryl methyl sites for hydroxylation is 1. The molecule has 1 aromatic carbocycles.